The minimum Gasteiger partial charge on any atom is -0.311 e. The van der Waals surface area contributed by atoms with Crippen LogP contribution >= 0.6 is 0 Å². The highest BCUT2D eigenvalue weighted by Crippen LogP contribution is 2.50. The summed E-state index contributed by atoms with van der Waals surface area (Å²) in [5.41, 5.74) is 17.4. The van der Waals surface area contributed by atoms with Crippen molar-refractivity contribution < 1.29 is 0 Å². The third-order valence-electron chi connectivity index (χ3n) is 11.8. The molecule has 2 aliphatic heterocycles. The smallest absolute Gasteiger partial charge is 0.249 e. The lowest BCUT2D eigenvalue weighted by molar-refractivity contribution is 0.332. The summed E-state index contributed by atoms with van der Waals surface area (Å²) in [7, 11) is 0. The van der Waals surface area contributed by atoms with E-state index in [9.17, 15) is 0 Å². The van der Waals surface area contributed by atoms with E-state index in [1.54, 1.807) is 0 Å². The predicted molar refractivity (Wildman–Crippen MR) is 202 cm³/mol. The van der Waals surface area contributed by atoms with E-state index in [1.165, 1.54) is 85.4 Å². The van der Waals surface area contributed by atoms with Crippen molar-refractivity contribution in [3.05, 3.63) is 125 Å². The molecule has 47 heavy (non-hydrogen) atoms. The number of nitrogens with zero attached hydrogens (tertiary/aromatic N) is 2. The van der Waals surface area contributed by atoms with Crippen LogP contribution in [0.5, 0.6) is 0 Å². The lowest BCUT2D eigenvalue weighted by atomic mass is 9.30. The number of rotatable bonds is 2. The monoisotopic (exact) mass is 614 g/mol. The molecule has 3 heterocycles. The summed E-state index contributed by atoms with van der Waals surface area (Å²) in [6, 6.07) is 34.8. The van der Waals surface area contributed by atoms with Crippen molar-refractivity contribution >= 4 is 40.2 Å². The summed E-state index contributed by atoms with van der Waals surface area (Å²) in [6.07, 6.45) is 4.43. The second-order valence-corrected chi connectivity index (χ2v) is 17.1. The van der Waals surface area contributed by atoms with Crippen molar-refractivity contribution in [2.75, 3.05) is 4.90 Å². The van der Waals surface area contributed by atoms with Gasteiger partial charge in [0.25, 0.3) is 0 Å². The lowest BCUT2D eigenvalue weighted by Crippen LogP contribution is -2.64. The number of hydrogen-bond donors (Lipinski definition) is 0. The van der Waals surface area contributed by atoms with Crippen LogP contribution in [0.15, 0.2) is 97.2 Å². The van der Waals surface area contributed by atoms with Crippen molar-refractivity contribution in [2.24, 2.45) is 0 Å². The van der Waals surface area contributed by atoms with Crippen molar-refractivity contribution in [3.8, 4) is 11.1 Å². The fourth-order valence-electron chi connectivity index (χ4n) is 8.84. The Morgan fingerprint density at radius 2 is 1.30 bits per heavy atom. The zero-order valence-electron chi connectivity index (χ0n) is 29.6. The normalized spacial score (nSPS) is 18.1. The average Bonchev–Trinajstić information content (AvgIpc) is 3.04. The molecule has 3 heteroatoms. The van der Waals surface area contributed by atoms with Gasteiger partial charge in [-0.15, -0.1) is 0 Å². The molecule has 0 fully saturated rings. The Balaban J connectivity index is 1.51. The van der Waals surface area contributed by atoms with Gasteiger partial charge in [0.05, 0.1) is 5.69 Å². The van der Waals surface area contributed by atoms with Crippen LogP contribution in [0.3, 0.4) is 0 Å². The number of pyridine rings is 1. The van der Waals surface area contributed by atoms with Gasteiger partial charge in [-0.2, -0.15) is 0 Å². The van der Waals surface area contributed by atoms with Gasteiger partial charge in [-0.1, -0.05) is 135 Å². The third kappa shape index (κ3) is 4.41. The molecule has 1 aliphatic carbocycles. The summed E-state index contributed by atoms with van der Waals surface area (Å²) in [5, 5.41) is 0. The first-order chi connectivity index (χ1) is 22.2. The summed E-state index contributed by atoms with van der Waals surface area (Å²) in [6.45, 7) is 21.6. The summed E-state index contributed by atoms with van der Waals surface area (Å²) in [4.78, 5) is 7.80. The van der Waals surface area contributed by atoms with Gasteiger partial charge in [0.2, 0.25) is 6.71 Å². The molecule has 0 saturated heterocycles. The maximum absolute atomic E-state index is 5.20. The first-order valence-electron chi connectivity index (χ1n) is 17.5. The maximum atomic E-state index is 5.20. The fourth-order valence-corrected chi connectivity index (χ4v) is 8.84. The zero-order valence-corrected chi connectivity index (χ0v) is 29.6. The molecule has 236 valence electrons. The molecule has 5 aromatic rings. The first-order valence-corrected chi connectivity index (χ1v) is 17.5. The molecule has 0 saturated carbocycles. The van der Waals surface area contributed by atoms with Gasteiger partial charge in [0.15, 0.2) is 0 Å². The summed E-state index contributed by atoms with van der Waals surface area (Å²) >= 11 is 0. The van der Waals surface area contributed by atoms with Crippen LogP contribution < -0.4 is 21.3 Å². The Labute approximate surface area is 282 Å². The molecule has 0 atom stereocenters. The predicted octanol–water partition coefficient (Wildman–Crippen LogP) is 9.33. The standard InChI is InChI=1S/C44H47BN2/c1-41(2,3)29-19-20-36(30(25-29)28-15-11-10-12-16-28)47-37-21-24-46-40-39(37)45(34-18-14-13-17-31(34)44(40,8)9)35-26-32-33(27-38(35)47)43(6,7)23-22-42(32,4)5/h10-21,24-27H,22-23H2,1-9H3. The average molecular weight is 615 g/mol. The fraction of sp³-hybridized carbons (Fsp3) is 0.341. The van der Waals surface area contributed by atoms with E-state index in [1.807, 2.05) is 0 Å². The minimum atomic E-state index is -0.213. The molecule has 0 amide bonds. The highest BCUT2D eigenvalue weighted by Gasteiger charge is 2.48. The number of aromatic nitrogens is 1. The molecule has 2 nitrogen and oxygen atoms in total. The largest absolute Gasteiger partial charge is 0.311 e. The third-order valence-corrected chi connectivity index (χ3v) is 11.8. The first kappa shape index (κ1) is 30.2. The Hall–Kier alpha value is -4.11. The number of benzene rings is 4. The molecule has 0 radical (unpaired) electrons. The highest BCUT2D eigenvalue weighted by molar-refractivity contribution is 6.99. The maximum Gasteiger partial charge on any atom is 0.249 e. The Morgan fingerprint density at radius 3 is 2.00 bits per heavy atom. The van der Waals surface area contributed by atoms with Gasteiger partial charge in [-0.05, 0) is 92.1 Å². The van der Waals surface area contributed by atoms with E-state index in [2.05, 4.69) is 164 Å². The van der Waals surface area contributed by atoms with E-state index in [0.29, 0.717) is 0 Å². The summed E-state index contributed by atoms with van der Waals surface area (Å²) < 4.78 is 0. The van der Waals surface area contributed by atoms with Crippen LogP contribution in [-0.2, 0) is 21.7 Å². The Morgan fingerprint density at radius 1 is 0.638 bits per heavy atom. The van der Waals surface area contributed by atoms with Crippen LogP contribution in [0, 0.1) is 0 Å². The molecule has 0 N–H and O–H groups in total. The molecule has 3 aliphatic rings. The summed E-state index contributed by atoms with van der Waals surface area (Å²) in [5.74, 6) is 0. The van der Waals surface area contributed by atoms with Crippen LogP contribution in [0.25, 0.3) is 11.1 Å². The van der Waals surface area contributed by atoms with Crippen molar-refractivity contribution in [1.82, 2.24) is 4.98 Å². The van der Waals surface area contributed by atoms with E-state index in [4.69, 9.17) is 4.98 Å². The number of hydrogen-bond acceptors (Lipinski definition) is 2. The lowest BCUT2D eigenvalue weighted by Gasteiger charge is -2.47. The van der Waals surface area contributed by atoms with E-state index in [0.717, 1.165) is 0 Å². The molecule has 0 bridgehead atoms. The second kappa shape index (κ2) is 9.95. The molecule has 4 aromatic carbocycles. The Kier molecular flexibility index (Phi) is 6.41. The molecular weight excluding hydrogens is 567 g/mol. The number of anilines is 3. The van der Waals surface area contributed by atoms with Crippen molar-refractivity contribution in [3.63, 3.8) is 0 Å². The van der Waals surface area contributed by atoms with Crippen LogP contribution in [0.1, 0.15) is 103 Å². The minimum absolute atomic E-state index is 0.0329. The molecule has 1 aromatic heterocycles. The molecule has 0 spiro atoms. The zero-order chi connectivity index (χ0) is 33.1. The van der Waals surface area contributed by atoms with Gasteiger partial charge in [-0.3, -0.25) is 4.98 Å². The second-order valence-electron chi connectivity index (χ2n) is 17.1. The van der Waals surface area contributed by atoms with Crippen LogP contribution in [-0.4, -0.2) is 11.7 Å². The van der Waals surface area contributed by atoms with Gasteiger partial charge in [0.1, 0.15) is 0 Å². The molecular formula is C44H47BN2. The Bertz CT molecular complexity index is 2060. The van der Waals surface area contributed by atoms with E-state index < -0.39 is 0 Å². The van der Waals surface area contributed by atoms with Crippen molar-refractivity contribution in [1.29, 1.82) is 0 Å². The topological polar surface area (TPSA) is 16.1 Å². The highest BCUT2D eigenvalue weighted by atomic mass is 15.2. The molecule has 0 unspecified atom stereocenters. The van der Waals surface area contributed by atoms with Crippen molar-refractivity contribution in [2.45, 2.75) is 96.8 Å². The van der Waals surface area contributed by atoms with Gasteiger partial charge in [-0.25, -0.2) is 0 Å². The molecule has 8 rings (SSSR count). The van der Waals surface area contributed by atoms with Crippen LogP contribution in [0.2, 0.25) is 0 Å². The van der Waals surface area contributed by atoms with Gasteiger partial charge < -0.3 is 4.90 Å². The van der Waals surface area contributed by atoms with E-state index in [-0.39, 0.29) is 28.4 Å². The SMILES string of the molecule is CC(C)(C)c1ccc(N2c3cc4c(cc3B3c5ccccc5C(C)(C)c5nccc2c53)C(C)(C)CCC4(C)C)c(-c2ccccc2)c1. The van der Waals surface area contributed by atoms with E-state index >= 15 is 0 Å². The van der Waals surface area contributed by atoms with Crippen LogP contribution in [0.4, 0.5) is 17.1 Å². The van der Waals surface area contributed by atoms with Gasteiger partial charge >= 0.3 is 0 Å². The number of fused-ring (bicyclic) bond motifs is 5. The van der Waals surface area contributed by atoms with Gasteiger partial charge in [0, 0.05) is 34.2 Å². The quantitative estimate of drug-likeness (QED) is 0.181.